The van der Waals surface area contributed by atoms with Crippen molar-refractivity contribution in [3.8, 4) is 11.5 Å². The molecule has 0 aliphatic rings. The molecule has 0 spiro atoms. The molecule has 0 aliphatic carbocycles. The number of aromatic nitrogens is 5. The Bertz CT molecular complexity index is 921. The predicted octanol–water partition coefficient (Wildman–Crippen LogP) is 1.66. The average Bonchev–Trinajstić information content (AvgIpc) is 3.16. The van der Waals surface area contributed by atoms with E-state index >= 15 is 0 Å². The van der Waals surface area contributed by atoms with E-state index < -0.39 is 5.76 Å². The first kappa shape index (κ1) is 12.0. The maximum atomic E-state index is 11.8. The Morgan fingerprint density at radius 1 is 1.33 bits per heavy atom. The first-order valence-corrected chi connectivity index (χ1v) is 7.08. The van der Waals surface area contributed by atoms with E-state index in [1.807, 2.05) is 28.2 Å². The zero-order chi connectivity index (χ0) is 14.2. The highest BCUT2D eigenvalue weighted by Crippen LogP contribution is 2.15. The quantitative estimate of drug-likeness (QED) is 0.575. The van der Waals surface area contributed by atoms with E-state index in [4.69, 9.17) is 4.52 Å². The lowest BCUT2D eigenvalue weighted by atomic mass is 10.3. The normalized spacial score (nSPS) is 11.2. The smallest absolute Gasteiger partial charge is 0.297 e. The number of nitrogens with zero attached hydrogens (tertiary/aromatic N) is 5. The van der Waals surface area contributed by atoms with Crippen molar-refractivity contribution in [1.82, 2.24) is 24.1 Å². The molecule has 4 aromatic rings. The number of pyridine rings is 1. The Morgan fingerprint density at radius 2 is 2.29 bits per heavy atom. The molecule has 4 aromatic heterocycles. The second-order valence-electron chi connectivity index (χ2n) is 4.40. The van der Waals surface area contributed by atoms with Gasteiger partial charge in [0.25, 0.3) is 0 Å². The molecule has 7 nitrogen and oxygen atoms in total. The van der Waals surface area contributed by atoms with Gasteiger partial charge in [-0.3, -0.25) is 13.9 Å². The van der Waals surface area contributed by atoms with Crippen molar-refractivity contribution in [2.45, 2.75) is 6.54 Å². The molecule has 0 fully saturated rings. The minimum absolute atomic E-state index is 0.294. The Hall–Kier alpha value is -2.74. The number of hydrogen-bond donors (Lipinski definition) is 0. The van der Waals surface area contributed by atoms with Gasteiger partial charge in [0, 0.05) is 24.0 Å². The van der Waals surface area contributed by atoms with Crippen LogP contribution >= 0.6 is 11.3 Å². The van der Waals surface area contributed by atoms with Crippen LogP contribution in [0.3, 0.4) is 0 Å². The van der Waals surface area contributed by atoms with Crippen LogP contribution in [-0.2, 0) is 6.54 Å². The van der Waals surface area contributed by atoms with E-state index in [0.29, 0.717) is 18.1 Å². The second kappa shape index (κ2) is 4.67. The van der Waals surface area contributed by atoms with Crippen molar-refractivity contribution in [3.05, 3.63) is 58.4 Å². The van der Waals surface area contributed by atoms with Gasteiger partial charge in [-0.1, -0.05) is 11.2 Å². The summed E-state index contributed by atoms with van der Waals surface area (Å²) in [6.45, 7) is 0.294. The van der Waals surface area contributed by atoms with Crippen molar-refractivity contribution < 1.29 is 4.52 Å². The maximum Gasteiger partial charge on any atom is 0.442 e. The molecule has 104 valence electrons. The van der Waals surface area contributed by atoms with Gasteiger partial charge in [0.2, 0.25) is 5.82 Å². The van der Waals surface area contributed by atoms with Crippen LogP contribution in [0.4, 0.5) is 0 Å². The van der Waals surface area contributed by atoms with Crippen molar-refractivity contribution in [2.24, 2.45) is 0 Å². The molecular formula is C13H9N5O2S. The van der Waals surface area contributed by atoms with E-state index in [2.05, 4.69) is 15.1 Å². The number of fused-ring (bicyclic) bond motifs is 1. The van der Waals surface area contributed by atoms with Crippen molar-refractivity contribution >= 4 is 16.3 Å². The molecule has 0 aromatic carbocycles. The van der Waals surface area contributed by atoms with Crippen LogP contribution in [0.15, 0.2) is 51.5 Å². The van der Waals surface area contributed by atoms with Crippen LogP contribution in [0, 0.1) is 0 Å². The monoisotopic (exact) mass is 299 g/mol. The summed E-state index contributed by atoms with van der Waals surface area (Å²) >= 11 is 1.54. The summed E-state index contributed by atoms with van der Waals surface area (Å²) in [4.78, 5) is 21.4. The number of thiazole rings is 1. The fourth-order valence-electron chi connectivity index (χ4n) is 2.10. The zero-order valence-corrected chi connectivity index (χ0v) is 11.5. The van der Waals surface area contributed by atoms with Crippen molar-refractivity contribution in [1.29, 1.82) is 0 Å². The van der Waals surface area contributed by atoms with E-state index in [9.17, 15) is 4.79 Å². The molecule has 0 aliphatic heterocycles. The second-order valence-corrected chi connectivity index (χ2v) is 5.27. The Morgan fingerprint density at radius 3 is 3.10 bits per heavy atom. The van der Waals surface area contributed by atoms with Gasteiger partial charge in [-0.25, -0.2) is 14.3 Å². The molecular weight excluding hydrogens is 290 g/mol. The summed E-state index contributed by atoms with van der Waals surface area (Å²) in [6.07, 6.45) is 5.45. The lowest BCUT2D eigenvalue weighted by Crippen LogP contribution is -2.16. The molecule has 0 radical (unpaired) electrons. The van der Waals surface area contributed by atoms with Gasteiger partial charge in [-0.05, 0) is 12.1 Å². The lowest BCUT2D eigenvalue weighted by Gasteiger charge is -2.01. The number of imidazole rings is 1. The molecule has 0 unspecified atom stereocenters. The fourth-order valence-corrected chi connectivity index (χ4v) is 2.82. The number of rotatable bonds is 3. The van der Waals surface area contributed by atoms with E-state index in [-0.39, 0.29) is 0 Å². The summed E-state index contributed by atoms with van der Waals surface area (Å²) < 4.78 is 8.10. The Labute approximate surface area is 122 Å². The lowest BCUT2D eigenvalue weighted by molar-refractivity contribution is 0.378. The first-order chi connectivity index (χ1) is 10.3. The van der Waals surface area contributed by atoms with Gasteiger partial charge in [-0.2, -0.15) is 0 Å². The maximum absolute atomic E-state index is 11.8. The predicted molar refractivity (Wildman–Crippen MR) is 76.2 cm³/mol. The summed E-state index contributed by atoms with van der Waals surface area (Å²) in [5.41, 5.74) is 1.36. The number of hydrogen-bond acceptors (Lipinski definition) is 6. The van der Waals surface area contributed by atoms with Crippen molar-refractivity contribution in [2.75, 3.05) is 0 Å². The summed E-state index contributed by atoms with van der Waals surface area (Å²) in [5.74, 6) is -0.121. The van der Waals surface area contributed by atoms with Crippen LogP contribution in [-0.4, -0.2) is 24.1 Å². The molecule has 21 heavy (non-hydrogen) atoms. The molecule has 0 amide bonds. The van der Waals surface area contributed by atoms with Gasteiger partial charge < -0.3 is 0 Å². The molecule has 0 N–H and O–H groups in total. The summed E-state index contributed by atoms with van der Waals surface area (Å²) in [5, 5.41) is 5.76. The van der Waals surface area contributed by atoms with Crippen LogP contribution in [0.25, 0.3) is 16.5 Å². The van der Waals surface area contributed by atoms with Crippen LogP contribution in [0.1, 0.15) is 5.69 Å². The molecule has 0 atom stereocenters. The van der Waals surface area contributed by atoms with E-state index in [1.54, 1.807) is 18.3 Å². The third-order valence-corrected chi connectivity index (χ3v) is 3.81. The van der Waals surface area contributed by atoms with Gasteiger partial charge in [0.15, 0.2) is 4.96 Å². The molecule has 0 bridgehead atoms. The fraction of sp³-hybridized carbons (Fsp3) is 0.0769. The average molecular weight is 299 g/mol. The van der Waals surface area contributed by atoms with Gasteiger partial charge in [-0.15, -0.1) is 11.3 Å². The SMILES string of the molecule is O=c1onc(-c2ccccn2)n1Cc1cn2ccsc2n1. The van der Waals surface area contributed by atoms with E-state index in [1.165, 1.54) is 15.9 Å². The topological polar surface area (TPSA) is 78.2 Å². The Kier molecular flexibility index (Phi) is 2.68. The third kappa shape index (κ3) is 2.05. The molecule has 0 saturated heterocycles. The van der Waals surface area contributed by atoms with Crippen molar-refractivity contribution in [3.63, 3.8) is 0 Å². The largest absolute Gasteiger partial charge is 0.442 e. The van der Waals surface area contributed by atoms with Gasteiger partial charge in [0.1, 0.15) is 5.69 Å². The third-order valence-electron chi connectivity index (χ3n) is 3.04. The molecule has 8 heteroatoms. The zero-order valence-electron chi connectivity index (χ0n) is 10.7. The molecule has 4 heterocycles. The Balaban J connectivity index is 1.77. The van der Waals surface area contributed by atoms with Gasteiger partial charge in [0.05, 0.1) is 12.2 Å². The molecule has 4 rings (SSSR count). The van der Waals surface area contributed by atoms with Crippen LogP contribution < -0.4 is 5.76 Å². The molecule has 0 saturated carbocycles. The first-order valence-electron chi connectivity index (χ1n) is 6.20. The highest BCUT2D eigenvalue weighted by molar-refractivity contribution is 7.15. The summed E-state index contributed by atoms with van der Waals surface area (Å²) in [6, 6.07) is 5.41. The van der Waals surface area contributed by atoms with E-state index in [0.717, 1.165) is 10.7 Å². The summed E-state index contributed by atoms with van der Waals surface area (Å²) in [7, 11) is 0. The highest BCUT2D eigenvalue weighted by Gasteiger charge is 2.15. The van der Waals surface area contributed by atoms with Gasteiger partial charge >= 0.3 is 5.76 Å². The minimum atomic E-state index is -0.521. The standard InChI is InChI=1S/C13H9N5O2S/c19-13-18(8-9-7-17-5-6-21-12(17)15-9)11(16-20-13)10-3-1-2-4-14-10/h1-7H,8H2. The highest BCUT2D eigenvalue weighted by atomic mass is 32.1. The minimum Gasteiger partial charge on any atom is -0.297 e. The van der Waals surface area contributed by atoms with Crippen LogP contribution in [0.2, 0.25) is 0 Å². The van der Waals surface area contributed by atoms with Crippen LogP contribution in [0.5, 0.6) is 0 Å².